The molecule has 0 aliphatic heterocycles. The zero-order valence-electron chi connectivity index (χ0n) is 12.0. The molecule has 18 heavy (non-hydrogen) atoms. The van der Waals surface area contributed by atoms with Gasteiger partial charge in [-0.25, -0.2) is 4.98 Å². The van der Waals surface area contributed by atoms with Crippen molar-refractivity contribution in [2.45, 2.75) is 47.1 Å². The van der Waals surface area contributed by atoms with Gasteiger partial charge in [-0.3, -0.25) is 0 Å². The Morgan fingerprint density at radius 2 is 1.72 bits per heavy atom. The predicted molar refractivity (Wildman–Crippen MR) is 76.1 cm³/mol. The van der Waals surface area contributed by atoms with Crippen LogP contribution in [0.4, 0.5) is 0 Å². The normalized spacial score (nSPS) is 11.2. The highest BCUT2D eigenvalue weighted by atomic mass is 15.1. The molecule has 0 unspecified atom stereocenters. The summed E-state index contributed by atoms with van der Waals surface area (Å²) < 4.78 is 2.26. The number of benzene rings is 1. The summed E-state index contributed by atoms with van der Waals surface area (Å²) in [7, 11) is 0. The zero-order chi connectivity index (χ0) is 13.3. The van der Waals surface area contributed by atoms with E-state index in [4.69, 9.17) is 0 Å². The van der Waals surface area contributed by atoms with Crippen LogP contribution < -0.4 is 0 Å². The molecule has 0 N–H and O–H groups in total. The zero-order valence-corrected chi connectivity index (χ0v) is 12.0. The number of aryl methyl sites for hydroxylation is 3. The SMILES string of the molecule is Cc1cc(C)c(Cn2ccnc2C(C)C)c(C)c1. The Balaban J connectivity index is 2.37. The summed E-state index contributed by atoms with van der Waals surface area (Å²) in [5.74, 6) is 1.63. The molecule has 1 aromatic heterocycles. The topological polar surface area (TPSA) is 17.8 Å². The third-order valence-electron chi connectivity index (χ3n) is 3.43. The van der Waals surface area contributed by atoms with Crippen LogP contribution in [0.15, 0.2) is 24.5 Å². The van der Waals surface area contributed by atoms with E-state index < -0.39 is 0 Å². The number of aromatic nitrogens is 2. The van der Waals surface area contributed by atoms with E-state index in [9.17, 15) is 0 Å². The van der Waals surface area contributed by atoms with E-state index >= 15 is 0 Å². The van der Waals surface area contributed by atoms with Gasteiger partial charge in [0.1, 0.15) is 5.82 Å². The van der Waals surface area contributed by atoms with Crippen LogP contribution in [0.3, 0.4) is 0 Å². The summed E-state index contributed by atoms with van der Waals surface area (Å²) in [6.45, 7) is 11.8. The first-order valence-electron chi connectivity index (χ1n) is 6.56. The molecule has 2 rings (SSSR count). The quantitative estimate of drug-likeness (QED) is 0.796. The van der Waals surface area contributed by atoms with Gasteiger partial charge < -0.3 is 4.57 Å². The Kier molecular flexibility index (Phi) is 3.55. The van der Waals surface area contributed by atoms with Crippen LogP contribution in [0, 0.1) is 20.8 Å². The Morgan fingerprint density at radius 3 is 2.28 bits per heavy atom. The van der Waals surface area contributed by atoms with Crippen LogP contribution in [0.1, 0.15) is 47.8 Å². The molecule has 1 heterocycles. The van der Waals surface area contributed by atoms with Crippen LogP contribution in [0.5, 0.6) is 0 Å². The second-order valence-electron chi connectivity index (χ2n) is 5.45. The molecule has 0 spiro atoms. The second kappa shape index (κ2) is 4.97. The third kappa shape index (κ3) is 2.47. The third-order valence-corrected chi connectivity index (χ3v) is 3.43. The van der Waals surface area contributed by atoms with Gasteiger partial charge in [0.2, 0.25) is 0 Å². The lowest BCUT2D eigenvalue weighted by Gasteiger charge is -2.15. The number of rotatable bonds is 3. The molecule has 0 saturated carbocycles. The maximum Gasteiger partial charge on any atom is 0.111 e. The fourth-order valence-corrected chi connectivity index (χ4v) is 2.58. The minimum Gasteiger partial charge on any atom is -0.330 e. The van der Waals surface area contributed by atoms with Crippen molar-refractivity contribution in [3.8, 4) is 0 Å². The molecule has 0 amide bonds. The first-order valence-corrected chi connectivity index (χ1v) is 6.56. The summed E-state index contributed by atoms with van der Waals surface area (Å²) in [5.41, 5.74) is 5.50. The molecule has 0 radical (unpaired) electrons. The summed E-state index contributed by atoms with van der Waals surface area (Å²) in [6.07, 6.45) is 3.97. The van der Waals surface area contributed by atoms with Crippen molar-refractivity contribution < 1.29 is 0 Å². The molecule has 2 heteroatoms. The van der Waals surface area contributed by atoms with E-state index in [-0.39, 0.29) is 0 Å². The first-order chi connectivity index (χ1) is 8.49. The van der Waals surface area contributed by atoms with Crippen LogP contribution in [-0.2, 0) is 6.54 Å². The van der Waals surface area contributed by atoms with E-state index in [0.29, 0.717) is 5.92 Å². The molecule has 0 saturated heterocycles. The van der Waals surface area contributed by atoms with Crippen molar-refractivity contribution in [2.75, 3.05) is 0 Å². The largest absolute Gasteiger partial charge is 0.330 e. The highest BCUT2D eigenvalue weighted by Gasteiger charge is 2.10. The molecule has 0 bridgehead atoms. The Hall–Kier alpha value is -1.57. The van der Waals surface area contributed by atoms with Gasteiger partial charge in [-0.1, -0.05) is 31.5 Å². The fraction of sp³-hybridized carbons (Fsp3) is 0.438. The van der Waals surface area contributed by atoms with Gasteiger partial charge in [-0.2, -0.15) is 0 Å². The molecule has 96 valence electrons. The Labute approximate surface area is 110 Å². The van der Waals surface area contributed by atoms with Gasteiger partial charge in [0.25, 0.3) is 0 Å². The molecule has 0 fully saturated rings. The summed E-state index contributed by atoms with van der Waals surface area (Å²) in [6, 6.07) is 4.52. The summed E-state index contributed by atoms with van der Waals surface area (Å²) in [4.78, 5) is 4.45. The Morgan fingerprint density at radius 1 is 1.11 bits per heavy atom. The molecule has 2 aromatic rings. The van der Waals surface area contributed by atoms with E-state index in [1.807, 2.05) is 6.20 Å². The molecular formula is C16H22N2. The van der Waals surface area contributed by atoms with Gasteiger partial charge in [0, 0.05) is 24.9 Å². The van der Waals surface area contributed by atoms with Crippen LogP contribution in [0.25, 0.3) is 0 Å². The smallest absolute Gasteiger partial charge is 0.111 e. The fourth-order valence-electron chi connectivity index (χ4n) is 2.58. The van der Waals surface area contributed by atoms with Gasteiger partial charge in [0.15, 0.2) is 0 Å². The van der Waals surface area contributed by atoms with Crippen molar-refractivity contribution in [3.63, 3.8) is 0 Å². The summed E-state index contributed by atoms with van der Waals surface area (Å²) >= 11 is 0. The lowest BCUT2D eigenvalue weighted by atomic mass is 9.99. The van der Waals surface area contributed by atoms with E-state index in [1.165, 1.54) is 22.3 Å². The number of imidazole rings is 1. The second-order valence-corrected chi connectivity index (χ2v) is 5.45. The minimum absolute atomic E-state index is 0.464. The van der Waals surface area contributed by atoms with Crippen molar-refractivity contribution in [1.82, 2.24) is 9.55 Å². The molecule has 0 aliphatic carbocycles. The number of hydrogen-bond donors (Lipinski definition) is 0. The van der Waals surface area contributed by atoms with Crippen molar-refractivity contribution >= 4 is 0 Å². The maximum absolute atomic E-state index is 4.45. The average Bonchev–Trinajstić information content (AvgIpc) is 2.71. The van der Waals surface area contributed by atoms with Crippen molar-refractivity contribution in [2.24, 2.45) is 0 Å². The molecular weight excluding hydrogens is 220 g/mol. The predicted octanol–water partition coefficient (Wildman–Crippen LogP) is 3.98. The van der Waals surface area contributed by atoms with E-state index in [0.717, 1.165) is 12.4 Å². The highest BCUT2D eigenvalue weighted by Crippen LogP contribution is 2.20. The lowest BCUT2D eigenvalue weighted by Crippen LogP contribution is -2.08. The molecule has 0 aliphatic rings. The number of hydrogen-bond acceptors (Lipinski definition) is 1. The van der Waals surface area contributed by atoms with Gasteiger partial charge >= 0.3 is 0 Å². The monoisotopic (exact) mass is 242 g/mol. The number of nitrogens with zero attached hydrogens (tertiary/aromatic N) is 2. The van der Waals surface area contributed by atoms with Crippen LogP contribution in [-0.4, -0.2) is 9.55 Å². The Bertz CT molecular complexity index is 527. The van der Waals surface area contributed by atoms with Crippen molar-refractivity contribution in [1.29, 1.82) is 0 Å². The van der Waals surface area contributed by atoms with E-state index in [2.05, 4.69) is 62.5 Å². The average molecular weight is 242 g/mol. The van der Waals surface area contributed by atoms with Gasteiger partial charge in [-0.05, 0) is 37.5 Å². The highest BCUT2D eigenvalue weighted by molar-refractivity contribution is 5.37. The van der Waals surface area contributed by atoms with Gasteiger partial charge in [-0.15, -0.1) is 0 Å². The van der Waals surface area contributed by atoms with Crippen LogP contribution >= 0.6 is 0 Å². The molecule has 1 aromatic carbocycles. The van der Waals surface area contributed by atoms with Crippen molar-refractivity contribution in [3.05, 3.63) is 52.6 Å². The first kappa shape index (κ1) is 12.9. The van der Waals surface area contributed by atoms with Gasteiger partial charge in [0.05, 0.1) is 0 Å². The standard InChI is InChI=1S/C16H22N2/c1-11(2)16-17-6-7-18(16)10-15-13(4)8-12(3)9-14(15)5/h6-9,11H,10H2,1-5H3. The molecule has 0 atom stereocenters. The lowest BCUT2D eigenvalue weighted by molar-refractivity contribution is 0.666. The minimum atomic E-state index is 0.464. The van der Waals surface area contributed by atoms with Crippen LogP contribution in [0.2, 0.25) is 0 Å². The summed E-state index contributed by atoms with van der Waals surface area (Å²) in [5, 5.41) is 0. The van der Waals surface area contributed by atoms with E-state index in [1.54, 1.807) is 0 Å². The molecule has 2 nitrogen and oxygen atoms in total. The maximum atomic E-state index is 4.45.